The van der Waals surface area contributed by atoms with Crippen molar-refractivity contribution in [3.63, 3.8) is 0 Å². The van der Waals surface area contributed by atoms with Crippen molar-refractivity contribution in [3.05, 3.63) is 40.7 Å². The fraction of sp³-hybridized carbons (Fsp3) is 0.600. The van der Waals surface area contributed by atoms with E-state index in [2.05, 4.69) is 10.4 Å². The van der Waals surface area contributed by atoms with E-state index in [1.165, 1.54) is 9.36 Å². The van der Waals surface area contributed by atoms with E-state index >= 15 is 0 Å². The fourth-order valence-electron chi connectivity index (χ4n) is 3.37. The normalized spacial score (nSPS) is 23.0. The first-order valence-electron chi connectivity index (χ1n) is 14.7. The minimum absolute atomic E-state index is 0.100. The molecule has 1 saturated heterocycles. The fourth-order valence-corrected chi connectivity index (χ4v) is 3.37. The van der Waals surface area contributed by atoms with Crippen LogP contribution in [0, 0.1) is 0 Å². The van der Waals surface area contributed by atoms with Crippen LogP contribution in [0.15, 0.2) is 35.0 Å². The van der Waals surface area contributed by atoms with E-state index < -0.39 is 73.5 Å². The Labute approximate surface area is 186 Å². The van der Waals surface area contributed by atoms with Gasteiger partial charge in [0, 0.05) is 62.3 Å². The Morgan fingerprint density at radius 1 is 1.24 bits per heavy atom. The number of amides is 1. The zero-order chi connectivity index (χ0) is 30.2. The molecule has 9 heteroatoms. The summed E-state index contributed by atoms with van der Waals surface area (Å²) in [4.78, 5) is 28.2. The molecular weight excluding hydrogens is 372 g/mol. The molecule has 0 bridgehead atoms. The third kappa shape index (κ3) is 4.40. The Bertz CT molecular complexity index is 1270. The number of piperidine rings is 1. The molecule has 3 rings (SSSR count). The predicted octanol–water partition coefficient (Wildman–Crippen LogP) is 1.34. The van der Waals surface area contributed by atoms with Gasteiger partial charge < -0.3 is 9.64 Å². The van der Waals surface area contributed by atoms with Gasteiger partial charge in [-0.3, -0.25) is 9.69 Å². The van der Waals surface area contributed by atoms with Crippen molar-refractivity contribution < 1.29 is 24.6 Å². The molecule has 0 radical (unpaired) electrons. The molecule has 1 aromatic carbocycles. The summed E-state index contributed by atoms with van der Waals surface area (Å²) in [7, 11) is -3.10. The van der Waals surface area contributed by atoms with Crippen molar-refractivity contribution in [2.75, 3.05) is 31.6 Å². The largest absolute Gasteiger partial charge is 0.363 e. The van der Waals surface area contributed by atoms with E-state index in [0.717, 1.165) is 0 Å². The number of benzene rings is 1. The smallest absolute Gasteiger partial charge is 0.358 e. The van der Waals surface area contributed by atoms with Crippen molar-refractivity contribution in [1.82, 2.24) is 24.7 Å². The molecule has 9 nitrogen and oxygen atoms in total. The zero-order valence-corrected chi connectivity index (χ0v) is 16.1. The minimum atomic E-state index is -3.10. The summed E-state index contributed by atoms with van der Waals surface area (Å²) in [5, 5.41) is 7.56. The van der Waals surface area contributed by atoms with E-state index in [0.29, 0.717) is 18.0 Å². The van der Waals surface area contributed by atoms with Gasteiger partial charge in [0.2, 0.25) is 5.91 Å². The maximum absolute atomic E-state index is 13.5. The average Bonchev–Trinajstić information content (AvgIpc) is 3.20. The van der Waals surface area contributed by atoms with E-state index in [1.54, 1.807) is 6.92 Å². The monoisotopic (exact) mass is 413 g/mol. The molecule has 1 aromatic heterocycles. The second-order valence-corrected chi connectivity index (χ2v) is 6.57. The number of likely N-dealkylation sites (tertiary alicyclic amines) is 1. The SMILES string of the molecule is [2H]c1c([2H])c([2H])c(N(C(=O)CC([2H])([2H])[2H])C2(OC([2H])([2H])[2H])CCN(CCn3nnn(CC)c3=O)CC2)c([2H])c1[2H]. The number of aromatic nitrogens is 4. The molecule has 0 unspecified atom stereocenters. The third-order valence-corrected chi connectivity index (χ3v) is 4.97. The lowest BCUT2D eigenvalue weighted by molar-refractivity contribution is -0.128. The minimum Gasteiger partial charge on any atom is -0.358 e. The highest BCUT2D eigenvalue weighted by Gasteiger charge is 2.43. The number of nitrogens with zero attached hydrogens (tertiary/aromatic N) is 6. The molecule has 1 aliphatic heterocycles. The van der Waals surface area contributed by atoms with E-state index in [1.807, 2.05) is 4.90 Å². The second-order valence-electron chi connectivity index (χ2n) is 6.57. The van der Waals surface area contributed by atoms with Crippen LogP contribution in [0.2, 0.25) is 0 Å². The molecule has 0 atom stereocenters. The highest BCUT2D eigenvalue weighted by Crippen LogP contribution is 2.34. The molecule has 2 heterocycles. The Hall–Kier alpha value is -2.52. The van der Waals surface area contributed by atoms with Crippen LogP contribution >= 0.6 is 0 Å². The highest BCUT2D eigenvalue weighted by molar-refractivity contribution is 5.94. The number of rotatable bonds is 8. The molecule has 0 spiro atoms. The molecule has 0 saturated carbocycles. The number of carbonyl (C=O) groups is 1. The summed E-state index contributed by atoms with van der Waals surface area (Å²) in [6.45, 7) is -0.0698. The molecule has 1 aliphatic rings. The maximum atomic E-state index is 13.5. The van der Waals surface area contributed by atoms with Crippen molar-refractivity contribution in [3.8, 4) is 0 Å². The van der Waals surface area contributed by atoms with E-state index in [9.17, 15) is 9.59 Å². The number of carbonyl (C=O) groups excluding carboxylic acids is 1. The van der Waals surface area contributed by atoms with Crippen molar-refractivity contribution >= 4 is 11.6 Å². The van der Waals surface area contributed by atoms with Crippen LogP contribution in [0.5, 0.6) is 0 Å². The van der Waals surface area contributed by atoms with E-state index in [-0.39, 0.29) is 32.5 Å². The van der Waals surface area contributed by atoms with Gasteiger partial charge in [-0.1, -0.05) is 25.0 Å². The summed E-state index contributed by atoms with van der Waals surface area (Å²) in [5.41, 5.74) is -3.14. The first-order valence-corrected chi connectivity index (χ1v) is 9.24. The number of anilines is 1. The number of para-hydroxylation sites is 1. The Morgan fingerprint density at radius 2 is 1.97 bits per heavy atom. The van der Waals surface area contributed by atoms with Gasteiger partial charge >= 0.3 is 5.69 Å². The summed E-state index contributed by atoms with van der Waals surface area (Å²) in [6, 6.07) is -3.92. The number of ether oxygens (including phenoxy) is 1. The Balaban J connectivity index is 2.04. The summed E-state index contributed by atoms with van der Waals surface area (Å²) < 4.78 is 94.7. The molecule has 1 fully saturated rings. The summed E-state index contributed by atoms with van der Waals surface area (Å²) in [5.74, 6) is -1.18. The van der Waals surface area contributed by atoms with Gasteiger partial charge in [-0.2, -0.15) is 9.36 Å². The highest BCUT2D eigenvalue weighted by atomic mass is 16.5. The molecule has 29 heavy (non-hydrogen) atoms. The van der Waals surface area contributed by atoms with Gasteiger partial charge in [0.05, 0.1) is 17.5 Å². The molecule has 0 aliphatic carbocycles. The van der Waals surface area contributed by atoms with Crippen molar-refractivity contribution in [1.29, 1.82) is 0 Å². The standard InChI is InChI=1S/C20H30N6O3/c1-4-18(27)26(17-9-7-6-8-10-17)20(29-3)11-13-23(14-12-20)15-16-25-19(28)24(5-2)21-22-25/h6-10H,4-5,11-16H2,1-3H3/i1D3,3D3,6D,7D,8D,9D,10D. The van der Waals surface area contributed by atoms with Gasteiger partial charge in [-0.05, 0) is 29.4 Å². The molecule has 158 valence electrons. The quantitative estimate of drug-likeness (QED) is 0.607. The first-order chi connectivity index (χ1) is 18.4. The van der Waals surface area contributed by atoms with Gasteiger partial charge in [-0.25, -0.2) is 4.79 Å². The number of hydrogen-bond donors (Lipinski definition) is 0. The summed E-state index contributed by atoms with van der Waals surface area (Å²) >= 11 is 0. The maximum Gasteiger partial charge on any atom is 0.363 e. The van der Waals surface area contributed by atoms with Crippen LogP contribution < -0.4 is 10.6 Å². The Kier molecular flexibility index (Phi) is 3.54. The third-order valence-electron chi connectivity index (χ3n) is 4.97. The lowest BCUT2D eigenvalue weighted by Gasteiger charge is -2.47. The lowest BCUT2D eigenvalue weighted by atomic mass is 9.96. The van der Waals surface area contributed by atoms with Gasteiger partial charge in [0.15, 0.2) is 0 Å². The van der Waals surface area contributed by atoms with Crippen molar-refractivity contribution in [2.45, 2.75) is 51.9 Å². The van der Waals surface area contributed by atoms with Gasteiger partial charge in [-0.15, -0.1) is 0 Å². The molecule has 1 amide bonds. The van der Waals surface area contributed by atoms with Crippen molar-refractivity contribution in [2.24, 2.45) is 0 Å². The number of hydrogen-bond acceptors (Lipinski definition) is 6. The first kappa shape index (κ1) is 11.0. The van der Waals surface area contributed by atoms with Crippen LogP contribution in [0.3, 0.4) is 0 Å². The van der Waals surface area contributed by atoms with Crippen LogP contribution in [0.1, 0.15) is 48.1 Å². The number of aryl methyl sites for hydroxylation is 1. The second kappa shape index (κ2) is 9.32. The predicted molar refractivity (Wildman–Crippen MR) is 110 cm³/mol. The van der Waals surface area contributed by atoms with Crippen LogP contribution in [0.25, 0.3) is 0 Å². The number of tetrazole rings is 1. The van der Waals surface area contributed by atoms with Crippen LogP contribution in [-0.4, -0.2) is 63.0 Å². The van der Waals surface area contributed by atoms with Crippen LogP contribution in [-0.2, 0) is 22.6 Å². The zero-order valence-electron chi connectivity index (χ0n) is 27.1. The van der Waals surface area contributed by atoms with Crippen LogP contribution in [0.4, 0.5) is 5.69 Å². The average molecular weight is 414 g/mol. The number of methoxy groups -OCH3 is 1. The van der Waals surface area contributed by atoms with Gasteiger partial charge in [0.1, 0.15) is 5.72 Å². The molecular formula is C20H30N6O3. The summed E-state index contributed by atoms with van der Waals surface area (Å²) in [6.07, 6.45) is -1.52. The molecule has 0 N–H and O–H groups in total. The topological polar surface area (TPSA) is 85.5 Å². The van der Waals surface area contributed by atoms with Gasteiger partial charge in [0.25, 0.3) is 0 Å². The Morgan fingerprint density at radius 3 is 2.59 bits per heavy atom. The lowest BCUT2D eigenvalue weighted by Crippen LogP contribution is -2.59. The molecule has 2 aromatic rings. The van der Waals surface area contributed by atoms with E-state index in [4.69, 9.17) is 19.8 Å².